The van der Waals surface area contributed by atoms with Crippen molar-refractivity contribution in [3.05, 3.63) is 24.3 Å². The first-order valence-electron chi connectivity index (χ1n) is 24.3. The number of hydrogen-bond donors (Lipinski definition) is 3. The lowest BCUT2D eigenvalue weighted by molar-refractivity contribution is -0.133. The van der Waals surface area contributed by atoms with Crippen molar-refractivity contribution in [2.45, 2.75) is 213 Å². The van der Waals surface area contributed by atoms with E-state index in [0.717, 1.165) is 52.4 Å². The highest BCUT2D eigenvalue weighted by atomic mass is 16.2. The van der Waals surface area contributed by atoms with Crippen LogP contribution in [0, 0.1) is 0 Å². The van der Waals surface area contributed by atoms with Gasteiger partial charge in [0, 0.05) is 45.8 Å². The van der Waals surface area contributed by atoms with Crippen molar-refractivity contribution in [1.29, 1.82) is 0 Å². The second-order valence-corrected chi connectivity index (χ2v) is 16.9. The fourth-order valence-electron chi connectivity index (χ4n) is 7.85. The summed E-state index contributed by atoms with van der Waals surface area (Å²) in [4.78, 5) is 24.8. The second-order valence-electron chi connectivity index (χ2n) is 16.9. The van der Waals surface area contributed by atoms with E-state index >= 15 is 0 Å². The molecule has 0 aliphatic carbocycles. The Kier molecular flexibility index (Phi) is 37.1. The normalized spacial score (nSPS) is 15.4. The molecule has 0 aromatic heterocycles. The number of carbonyl (C=O) groups excluding carboxylic acids is 1. The zero-order chi connectivity index (χ0) is 40.6. The Bertz CT molecular complexity index is 896. The van der Waals surface area contributed by atoms with E-state index in [1.165, 1.54) is 180 Å². The largest absolute Gasteiger partial charge is 0.370 e. The van der Waals surface area contributed by atoms with Gasteiger partial charge in [-0.2, -0.15) is 0 Å². The van der Waals surface area contributed by atoms with Crippen LogP contribution in [0.1, 0.15) is 206 Å². The Morgan fingerprint density at radius 3 is 1.21 bits per heavy atom. The van der Waals surface area contributed by atoms with E-state index in [-0.39, 0.29) is 11.9 Å². The maximum absolute atomic E-state index is 13.5. The molecular formula is C48H95N7O. The summed E-state index contributed by atoms with van der Waals surface area (Å²) in [5.41, 5.74) is 17.4. The number of aliphatic imine (C=N–C) groups is 1. The minimum Gasteiger partial charge on any atom is -0.370 e. The van der Waals surface area contributed by atoms with Crippen LogP contribution in [0.2, 0.25) is 0 Å². The van der Waals surface area contributed by atoms with E-state index in [4.69, 9.17) is 17.2 Å². The molecule has 1 aliphatic heterocycles. The van der Waals surface area contributed by atoms with Crippen LogP contribution in [0.4, 0.5) is 0 Å². The van der Waals surface area contributed by atoms with Gasteiger partial charge < -0.3 is 31.9 Å². The summed E-state index contributed by atoms with van der Waals surface area (Å²) in [5.74, 6) is 0.166. The Hall–Kier alpha value is -1.90. The molecule has 1 amide bonds. The maximum atomic E-state index is 13.5. The van der Waals surface area contributed by atoms with Gasteiger partial charge in [0.2, 0.25) is 5.91 Å². The summed E-state index contributed by atoms with van der Waals surface area (Å²) in [6, 6.07) is -0.501. The van der Waals surface area contributed by atoms with Gasteiger partial charge in [0.15, 0.2) is 5.96 Å². The Morgan fingerprint density at radius 1 is 0.500 bits per heavy atom. The molecule has 8 heteroatoms. The van der Waals surface area contributed by atoms with Gasteiger partial charge in [-0.1, -0.05) is 154 Å². The standard InChI is InChI=1S/C48H95N7O/c1-3-5-7-9-11-13-15-17-19-21-23-25-27-29-31-33-38-53-40-41-54(43-45-55(44-42-53)47(56)46(49)36-35-37-52-48(50)51)39-34-32-30-28-26-24-22-20-18-16-14-12-10-8-6-4-2/h17-20,46H,3-16,21-45,49H2,1-2H3,(H4,50,51,52)/b19-17-,20-18-. The first-order chi connectivity index (χ1) is 27.5. The maximum Gasteiger partial charge on any atom is 0.239 e. The number of carbonyl (C=O) groups is 1. The lowest BCUT2D eigenvalue weighted by Gasteiger charge is -2.28. The van der Waals surface area contributed by atoms with Crippen molar-refractivity contribution < 1.29 is 4.79 Å². The number of hydrogen-bond acceptors (Lipinski definition) is 5. The summed E-state index contributed by atoms with van der Waals surface area (Å²) < 4.78 is 0. The molecule has 0 aromatic carbocycles. The lowest BCUT2D eigenvalue weighted by atomic mass is 10.1. The SMILES string of the molecule is CCCCCCCC/C=C\CCCCCCCCN1CCN(CCCCCCCC/C=C\CCCCCCCC)CCN(C(=O)C(N)CCCN=C(N)N)CC1. The number of guanidine groups is 1. The van der Waals surface area contributed by atoms with Crippen LogP contribution in [0.3, 0.4) is 0 Å². The number of allylic oxidation sites excluding steroid dienone is 4. The van der Waals surface area contributed by atoms with Gasteiger partial charge >= 0.3 is 0 Å². The molecule has 1 saturated heterocycles. The zero-order valence-corrected chi connectivity index (χ0v) is 37.4. The molecule has 1 aliphatic rings. The average molecular weight is 786 g/mol. The van der Waals surface area contributed by atoms with E-state index in [2.05, 4.69) is 52.9 Å². The minimum atomic E-state index is -0.501. The van der Waals surface area contributed by atoms with Crippen molar-refractivity contribution in [3.63, 3.8) is 0 Å². The van der Waals surface area contributed by atoms with Gasteiger partial charge in [-0.3, -0.25) is 9.79 Å². The van der Waals surface area contributed by atoms with E-state index in [1.54, 1.807) is 0 Å². The summed E-state index contributed by atoms with van der Waals surface area (Å²) >= 11 is 0. The number of nitrogens with two attached hydrogens (primary N) is 3. The first-order valence-corrected chi connectivity index (χ1v) is 24.3. The fourth-order valence-corrected chi connectivity index (χ4v) is 7.85. The molecule has 56 heavy (non-hydrogen) atoms. The molecule has 1 heterocycles. The third-order valence-corrected chi connectivity index (χ3v) is 11.7. The highest BCUT2D eigenvalue weighted by Gasteiger charge is 2.23. The van der Waals surface area contributed by atoms with Gasteiger partial charge in [0.25, 0.3) is 0 Å². The van der Waals surface area contributed by atoms with Crippen molar-refractivity contribution in [3.8, 4) is 0 Å². The number of rotatable bonds is 37. The van der Waals surface area contributed by atoms with E-state index < -0.39 is 6.04 Å². The highest BCUT2D eigenvalue weighted by Crippen LogP contribution is 2.14. The van der Waals surface area contributed by atoms with Gasteiger partial charge in [0.05, 0.1) is 6.04 Å². The highest BCUT2D eigenvalue weighted by molar-refractivity contribution is 5.81. The number of nitrogens with zero attached hydrogens (tertiary/aromatic N) is 4. The zero-order valence-electron chi connectivity index (χ0n) is 37.4. The molecule has 0 bridgehead atoms. The van der Waals surface area contributed by atoms with Crippen LogP contribution in [0.5, 0.6) is 0 Å². The molecule has 6 N–H and O–H groups in total. The third-order valence-electron chi connectivity index (χ3n) is 11.7. The molecule has 328 valence electrons. The molecular weight excluding hydrogens is 691 g/mol. The summed E-state index contributed by atoms with van der Waals surface area (Å²) in [6.45, 7) is 12.9. The van der Waals surface area contributed by atoms with Gasteiger partial charge in [-0.25, -0.2) is 0 Å². The van der Waals surface area contributed by atoms with Crippen LogP contribution >= 0.6 is 0 Å². The van der Waals surface area contributed by atoms with Crippen LogP contribution in [0.25, 0.3) is 0 Å². The molecule has 0 aromatic rings. The van der Waals surface area contributed by atoms with Crippen molar-refractivity contribution in [1.82, 2.24) is 14.7 Å². The molecule has 1 rings (SSSR count). The Labute approximate surface area is 348 Å². The topological polar surface area (TPSA) is 117 Å². The summed E-state index contributed by atoms with van der Waals surface area (Å²) in [5, 5.41) is 0. The molecule has 1 unspecified atom stereocenters. The fraction of sp³-hybridized carbons (Fsp3) is 0.875. The average Bonchev–Trinajstić information content (AvgIpc) is 3.29. The molecule has 0 spiro atoms. The van der Waals surface area contributed by atoms with Gasteiger partial charge in [-0.05, 0) is 90.1 Å². The van der Waals surface area contributed by atoms with Crippen LogP contribution in [-0.2, 0) is 4.79 Å². The lowest BCUT2D eigenvalue weighted by Crippen LogP contribution is -2.48. The quantitative estimate of drug-likeness (QED) is 0.0250. The van der Waals surface area contributed by atoms with Crippen molar-refractivity contribution in [2.24, 2.45) is 22.2 Å². The smallest absolute Gasteiger partial charge is 0.239 e. The van der Waals surface area contributed by atoms with Crippen molar-refractivity contribution in [2.75, 3.05) is 58.9 Å². The van der Waals surface area contributed by atoms with Gasteiger partial charge in [-0.15, -0.1) is 0 Å². The second kappa shape index (κ2) is 39.9. The van der Waals surface area contributed by atoms with Crippen LogP contribution in [-0.4, -0.2) is 91.5 Å². The Balaban J connectivity index is 2.39. The Morgan fingerprint density at radius 2 is 0.839 bits per heavy atom. The van der Waals surface area contributed by atoms with E-state index in [9.17, 15) is 4.79 Å². The number of unbranched alkanes of at least 4 members (excludes halogenated alkanes) is 24. The molecule has 0 radical (unpaired) electrons. The number of amides is 1. The summed E-state index contributed by atoms with van der Waals surface area (Å²) in [6.07, 6.45) is 48.4. The first kappa shape index (κ1) is 52.1. The van der Waals surface area contributed by atoms with Gasteiger partial charge in [0.1, 0.15) is 0 Å². The molecule has 8 nitrogen and oxygen atoms in total. The predicted molar refractivity (Wildman–Crippen MR) is 246 cm³/mol. The van der Waals surface area contributed by atoms with Crippen molar-refractivity contribution >= 4 is 11.9 Å². The van der Waals surface area contributed by atoms with E-state index in [0.29, 0.717) is 19.4 Å². The molecule has 1 fully saturated rings. The summed E-state index contributed by atoms with van der Waals surface area (Å²) in [7, 11) is 0. The monoisotopic (exact) mass is 786 g/mol. The third kappa shape index (κ3) is 33.1. The molecule has 1 atom stereocenters. The van der Waals surface area contributed by atoms with Crippen LogP contribution < -0.4 is 17.2 Å². The van der Waals surface area contributed by atoms with E-state index in [1.807, 2.05) is 4.90 Å². The van der Waals surface area contributed by atoms with Crippen LogP contribution in [0.15, 0.2) is 29.3 Å². The minimum absolute atomic E-state index is 0.0750. The molecule has 0 saturated carbocycles. The predicted octanol–water partition coefficient (Wildman–Crippen LogP) is 10.9.